The predicted octanol–water partition coefficient (Wildman–Crippen LogP) is 3.63. The molecular weight excluding hydrogens is 466 g/mol. The number of phenols is 1. The second kappa shape index (κ2) is 10.5. The SMILES string of the molecule is CC(=O)Nc1ccc(-c2cccc(/C3=C/C(N4CCN(S(C)(=O)=O)CC4)=C/CCCO3)c2O)cc1. The van der Waals surface area contributed by atoms with Crippen LogP contribution in [0.15, 0.2) is 60.3 Å². The summed E-state index contributed by atoms with van der Waals surface area (Å²) < 4.78 is 31.3. The third-order valence-corrected chi connectivity index (χ3v) is 7.43. The van der Waals surface area contributed by atoms with Gasteiger partial charge in [-0.25, -0.2) is 8.42 Å². The lowest BCUT2D eigenvalue weighted by atomic mass is 9.99. The molecular formula is C26H31N3O5S. The Labute approximate surface area is 206 Å². The minimum absolute atomic E-state index is 0.118. The number of carbonyl (C=O) groups is 1. The molecule has 4 rings (SSSR count). The third-order valence-electron chi connectivity index (χ3n) is 6.13. The van der Waals surface area contributed by atoms with Crippen LogP contribution in [-0.4, -0.2) is 67.7 Å². The quantitative estimate of drug-likeness (QED) is 0.655. The number of hydrogen-bond acceptors (Lipinski definition) is 6. The van der Waals surface area contributed by atoms with E-state index in [1.807, 2.05) is 36.4 Å². The van der Waals surface area contributed by atoms with E-state index in [-0.39, 0.29) is 11.7 Å². The molecule has 0 aromatic heterocycles. The predicted molar refractivity (Wildman–Crippen MR) is 137 cm³/mol. The van der Waals surface area contributed by atoms with E-state index in [9.17, 15) is 18.3 Å². The fourth-order valence-corrected chi connectivity index (χ4v) is 5.14. The molecule has 0 saturated carbocycles. The number of rotatable bonds is 5. The van der Waals surface area contributed by atoms with Crippen LogP contribution in [0, 0.1) is 0 Å². The number of hydrogen-bond donors (Lipinski definition) is 2. The normalized spacial score (nSPS) is 20.5. The summed E-state index contributed by atoms with van der Waals surface area (Å²) in [6.07, 6.45) is 7.04. The van der Waals surface area contributed by atoms with Crippen molar-refractivity contribution in [1.29, 1.82) is 0 Å². The van der Waals surface area contributed by atoms with Crippen molar-refractivity contribution in [2.24, 2.45) is 0 Å². The van der Waals surface area contributed by atoms with Crippen LogP contribution in [0.5, 0.6) is 5.75 Å². The van der Waals surface area contributed by atoms with Crippen LogP contribution in [-0.2, 0) is 19.6 Å². The van der Waals surface area contributed by atoms with E-state index in [4.69, 9.17) is 4.74 Å². The van der Waals surface area contributed by atoms with E-state index in [0.717, 1.165) is 24.1 Å². The number of para-hydroxylation sites is 1. The first-order valence-corrected chi connectivity index (χ1v) is 13.5. The number of phenolic OH excluding ortho intramolecular Hbond substituents is 1. The molecule has 0 bridgehead atoms. The van der Waals surface area contributed by atoms with Gasteiger partial charge in [-0.2, -0.15) is 4.31 Å². The molecule has 2 aliphatic heterocycles. The first-order valence-electron chi connectivity index (χ1n) is 11.7. The first-order chi connectivity index (χ1) is 16.7. The minimum Gasteiger partial charge on any atom is -0.507 e. The Balaban J connectivity index is 1.61. The number of anilines is 1. The van der Waals surface area contributed by atoms with E-state index < -0.39 is 10.0 Å². The molecule has 1 amide bonds. The highest BCUT2D eigenvalue weighted by atomic mass is 32.2. The lowest BCUT2D eigenvalue weighted by molar-refractivity contribution is -0.114. The number of allylic oxidation sites excluding steroid dienone is 2. The fraction of sp³-hybridized carbons (Fsp3) is 0.346. The number of piperazine rings is 1. The Bertz CT molecular complexity index is 1240. The van der Waals surface area contributed by atoms with Gasteiger partial charge in [0.25, 0.3) is 0 Å². The maximum atomic E-state index is 11.9. The highest BCUT2D eigenvalue weighted by Crippen LogP contribution is 2.37. The number of sulfonamides is 1. The van der Waals surface area contributed by atoms with Gasteiger partial charge in [-0.05, 0) is 36.6 Å². The number of nitrogens with zero attached hydrogens (tertiary/aromatic N) is 2. The van der Waals surface area contributed by atoms with Crippen LogP contribution in [0.3, 0.4) is 0 Å². The molecule has 2 heterocycles. The van der Waals surface area contributed by atoms with Gasteiger partial charge in [-0.15, -0.1) is 0 Å². The van der Waals surface area contributed by atoms with Gasteiger partial charge in [0.1, 0.15) is 11.5 Å². The Morgan fingerprint density at radius 3 is 2.37 bits per heavy atom. The van der Waals surface area contributed by atoms with E-state index in [0.29, 0.717) is 55.4 Å². The molecule has 1 fully saturated rings. The van der Waals surface area contributed by atoms with Crippen molar-refractivity contribution in [1.82, 2.24) is 9.21 Å². The molecule has 0 spiro atoms. The Kier molecular flexibility index (Phi) is 7.47. The Morgan fingerprint density at radius 2 is 1.71 bits per heavy atom. The van der Waals surface area contributed by atoms with Crippen LogP contribution >= 0.6 is 0 Å². The van der Waals surface area contributed by atoms with Crippen LogP contribution in [0.25, 0.3) is 16.9 Å². The minimum atomic E-state index is -3.20. The van der Waals surface area contributed by atoms with Gasteiger partial charge >= 0.3 is 0 Å². The molecule has 0 unspecified atom stereocenters. The van der Waals surface area contributed by atoms with Crippen LogP contribution in [0.2, 0.25) is 0 Å². The lowest BCUT2D eigenvalue weighted by Crippen LogP contribution is -2.47. The lowest BCUT2D eigenvalue weighted by Gasteiger charge is -2.36. The molecule has 1 saturated heterocycles. The zero-order chi connectivity index (χ0) is 25.0. The Morgan fingerprint density at radius 1 is 1.03 bits per heavy atom. The van der Waals surface area contributed by atoms with Crippen molar-refractivity contribution < 1.29 is 23.1 Å². The average Bonchev–Trinajstić information content (AvgIpc) is 2.79. The van der Waals surface area contributed by atoms with E-state index >= 15 is 0 Å². The summed E-state index contributed by atoms with van der Waals surface area (Å²) in [5.74, 6) is 0.557. The van der Waals surface area contributed by atoms with Crippen molar-refractivity contribution in [2.75, 3.05) is 44.4 Å². The highest BCUT2D eigenvalue weighted by molar-refractivity contribution is 7.88. The highest BCUT2D eigenvalue weighted by Gasteiger charge is 2.25. The molecule has 8 nitrogen and oxygen atoms in total. The molecule has 2 N–H and O–H groups in total. The monoisotopic (exact) mass is 497 g/mol. The van der Waals surface area contributed by atoms with E-state index in [1.54, 1.807) is 12.1 Å². The van der Waals surface area contributed by atoms with Crippen LogP contribution in [0.4, 0.5) is 5.69 Å². The number of nitrogens with one attached hydrogen (secondary N) is 1. The van der Waals surface area contributed by atoms with Gasteiger partial charge in [0.2, 0.25) is 15.9 Å². The largest absolute Gasteiger partial charge is 0.507 e. The van der Waals surface area contributed by atoms with Gasteiger partial charge < -0.3 is 20.1 Å². The van der Waals surface area contributed by atoms with E-state index in [1.165, 1.54) is 17.5 Å². The number of amides is 1. The maximum Gasteiger partial charge on any atom is 0.221 e. The fourth-order valence-electron chi connectivity index (χ4n) is 4.32. The molecule has 186 valence electrons. The molecule has 35 heavy (non-hydrogen) atoms. The van der Waals surface area contributed by atoms with Crippen molar-refractivity contribution in [3.63, 3.8) is 0 Å². The Hall–Kier alpha value is -3.30. The van der Waals surface area contributed by atoms with Crippen LogP contribution in [0.1, 0.15) is 25.3 Å². The van der Waals surface area contributed by atoms with Gasteiger partial charge in [0.05, 0.1) is 18.4 Å². The zero-order valence-corrected chi connectivity index (χ0v) is 20.8. The molecule has 2 aliphatic rings. The molecule has 2 aromatic carbocycles. The van der Waals surface area contributed by atoms with Crippen molar-refractivity contribution >= 4 is 27.4 Å². The van der Waals surface area contributed by atoms with Crippen LogP contribution < -0.4 is 5.32 Å². The van der Waals surface area contributed by atoms with Crippen molar-refractivity contribution in [3.8, 4) is 16.9 Å². The number of aromatic hydroxyl groups is 1. The zero-order valence-electron chi connectivity index (χ0n) is 20.0. The molecule has 0 radical (unpaired) electrons. The van der Waals surface area contributed by atoms with Crippen molar-refractivity contribution in [3.05, 3.63) is 65.9 Å². The summed E-state index contributed by atoms with van der Waals surface area (Å²) in [5, 5.41) is 13.9. The van der Waals surface area contributed by atoms with Gasteiger partial charge in [0, 0.05) is 56.1 Å². The maximum absolute atomic E-state index is 11.9. The van der Waals surface area contributed by atoms with Gasteiger partial charge in [-0.3, -0.25) is 4.79 Å². The number of ether oxygens (including phenoxy) is 1. The standard InChI is InChI=1S/C26H31N3O5S/c1-19(30)27-21-11-9-20(10-12-21)23-7-5-8-24(26(23)31)25-18-22(6-3-4-17-34-25)28-13-15-29(16-14-28)35(2,32)33/h5-12,18,31H,3-4,13-17H2,1-2H3,(H,27,30)/b22-6-,25-18-. The molecule has 0 atom stereocenters. The summed E-state index contributed by atoms with van der Waals surface area (Å²) in [6.45, 7) is 4.06. The molecule has 2 aromatic rings. The number of benzene rings is 2. The summed E-state index contributed by atoms with van der Waals surface area (Å²) in [4.78, 5) is 13.5. The van der Waals surface area contributed by atoms with E-state index in [2.05, 4.69) is 16.3 Å². The summed E-state index contributed by atoms with van der Waals surface area (Å²) in [6, 6.07) is 12.8. The average molecular weight is 498 g/mol. The summed E-state index contributed by atoms with van der Waals surface area (Å²) in [7, 11) is -3.20. The van der Waals surface area contributed by atoms with Gasteiger partial charge in [-0.1, -0.05) is 30.3 Å². The second-order valence-corrected chi connectivity index (χ2v) is 10.7. The number of carbonyl (C=O) groups excluding carboxylic acids is 1. The summed E-state index contributed by atoms with van der Waals surface area (Å²) in [5.41, 5.74) is 3.73. The van der Waals surface area contributed by atoms with Crippen molar-refractivity contribution in [2.45, 2.75) is 19.8 Å². The molecule has 9 heteroatoms. The second-order valence-electron chi connectivity index (χ2n) is 8.74. The summed E-state index contributed by atoms with van der Waals surface area (Å²) >= 11 is 0. The topological polar surface area (TPSA) is 99.2 Å². The third kappa shape index (κ3) is 6.04. The van der Waals surface area contributed by atoms with Gasteiger partial charge in [0.15, 0.2) is 0 Å². The molecule has 0 aliphatic carbocycles. The first kappa shape index (κ1) is 24.8. The smallest absolute Gasteiger partial charge is 0.221 e.